The number of hydrogen-bond acceptors (Lipinski definition) is 3. The predicted molar refractivity (Wildman–Crippen MR) is 140 cm³/mol. The standard InChI is InChI=1S/C30H34N2O2/c1-21-16-22(2)29-27(17-21)28(23-10-5-3-6-11-23)30(24-12-7-4-8-13-24)32(29)20-25(33)18-31-19-26-14-9-15-34-26/h3-8,10-13,16-17,25-26,31,33H,9,14-15,18-20H2,1-2H3. The van der Waals surface area contributed by atoms with Crippen molar-refractivity contribution in [2.45, 2.75) is 45.4 Å². The first-order valence-corrected chi connectivity index (χ1v) is 12.4. The number of aryl methyl sites for hydroxylation is 2. The molecule has 3 aromatic carbocycles. The van der Waals surface area contributed by atoms with Gasteiger partial charge in [0.1, 0.15) is 0 Å². The highest BCUT2D eigenvalue weighted by atomic mass is 16.5. The van der Waals surface area contributed by atoms with Crippen molar-refractivity contribution in [1.82, 2.24) is 9.88 Å². The zero-order valence-corrected chi connectivity index (χ0v) is 20.1. The van der Waals surface area contributed by atoms with Crippen molar-refractivity contribution in [3.8, 4) is 22.4 Å². The molecule has 1 aliphatic heterocycles. The lowest BCUT2D eigenvalue weighted by Crippen LogP contribution is -2.35. The van der Waals surface area contributed by atoms with Gasteiger partial charge < -0.3 is 19.7 Å². The van der Waals surface area contributed by atoms with E-state index in [4.69, 9.17) is 4.74 Å². The summed E-state index contributed by atoms with van der Waals surface area (Å²) in [5, 5.41) is 15.8. The highest BCUT2D eigenvalue weighted by Crippen LogP contribution is 2.42. The van der Waals surface area contributed by atoms with Crippen LogP contribution < -0.4 is 5.32 Å². The molecule has 1 aromatic heterocycles. The van der Waals surface area contributed by atoms with E-state index in [0.717, 1.165) is 37.3 Å². The molecule has 4 heteroatoms. The lowest BCUT2D eigenvalue weighted by atomic mass is 9.97. The summed E-state index contributed by atoms with van der Waals surface area (Å²) in [5.74, 6) is 0. The number of aliphatic hydroxyl groups is 1. The Morgan fingerprint density at radius 2 is 1.71 bits per heavy atom. The first kappa shape index (κ1) is 22.9. The van der Waals surface area contributed by atoms with Crippen molar-refractivity contribution in [3.05, 3.63) is 83.9 Å². The van der Waals surface area contributed by atoms with Gasteiger partial charge in [0, 0.05) is 30.6 Å². The van der Waals surface area contributed by atoms with Crippen molar-refractivity contribution in [2.24, 2.45) is 0 Å². The Morgan fingerprint density at radius 3 is 2.38 bits per heavy atom. The number of nitrogens with one attached hydrogen (secondary N) is 1. The van der Waals surface area contributed by atoms with Gasteiger partial charge in [0.25, 0.3) is 0 Å². The summed E-state index contributed by atoms with van der Waals surface area (Å²) in [6, 6.07) is 25.7. The van der Waals surface area contributed by atoms with E-state index in [-0.39, 0.29) is 6.10 Å². The number of aromatic nitrogens is 1. The minimum absolute atomic E-state index is 0.273. The van der Waals surface area contributed by atoms with Crippen molar-refractivity contribution in [1.29, 1.82) is 0 Å². The average Bonchev–Trinajstić information content (AvgIpc) is 3.46. The number of rotatable bonds is 8. The van der Waals surface area contributed by atoms with Gasteiger partial charge in [0.05, 0.1) is 30.0 Å². The summed E-state index contributed by atoms with van der Waals surface area (Å²) in [4.78, 5) is 0. The van der Waals surface area contributed by atoms with E-state index in [1.807, 2.05) is 0 Å². The Morgan fingerprint density at radius 1 is 1.00 bits per heavy atom. The Kier molecular flexibility index (Phi) is 6.82. The third-order valence-corrected chi connectivity index (χ3v) is 6.77. The first-order chi connectivity index (χ1) is 16.6. The molecular weight excluding hydrogens is 420 g/mol. The molecule has 1 saturated heterocycles. The van der Waals surface area contributed by atoms with Gasteiger partial charge in [-0.15, -0.1) is 0 Å². The van der Waals surface area contributed by atoms with Gasteiger partial charge in [-0.25, -0.2) is 0 Å². The molecule has 4 nitrogen and oxygen atoms in total. The SMILES string of the molecule is Cc1cc(C)c2c(c1)c(-c1ccccc1)c(-c1ccccc1)n2CC(O)CNCC1CCCO1. The molecule has 2 N–H and O–H groups in total. The summed E-state index contributed by atoms with van der Waals surface area (Å²) in [6.07, 6.45) is 1.99. The maximum absolute atomic E-state index is 11.1. The molecule has 2 heterocycles. The second-order valence-corrected chi connectivity index (χ2v) is 9.49. The second-order valence-electron chi connectivity index (χ2n) is 9.49. The van der Waals surface area contributed by atoms with Gasteiger partial charge in [-0.3, -0.25) is 0 Å². The first-order valence-electron chi connectivity index (χ1n) is 12.4. The van der Waals surface area contributed by atoms with Crippen LogP contribution in [0.15, 0.2) is 72.8 Å². The molecular formula is C30H34N2O2. The molecule has 2 atom stereocenters. The van der Waals surface area contributed by atoms with E-state index in [9.17, 15) is 5.11 Å². The quantitative estimate of drug-likeness (QED) is 0.358. The number of aliphatic hydroxyl groups excluding tert-OH is 1. The average molecular weight is 455 g/mol. The van der Waals surface area contributed by atoms with Crippen LogP contribution in [0.2, 0.25) is 0 Å². The maximum Gasteiger partial charge on any atom is 0.0843 e. The van der Waals surface area contributed by atoms with E-state index < -0.39 is 6.10 Å². The maximum atomic E-state index is 11.1. The smallest absolute Gasteiger partial charge is 0.0843 e. The molecule has 5 rings (SSSR count). The highest BCUT2D eigenvalue weighted by molar-refractivity contribution is 6.06. The van der Waals surface area contributed by atoms with E-state index in [0.29, 0.717) is 13.1 Å². The van der Waals surface area contributed by atoms with Gasteiger partial charge >= 0.3 is 0 Å². The summed E-state index contributed by atoms with van der Waals surface area (Å²) >= 11 is 0. The largest absolute Gasteiger partial charge is 0.390 e. The Hall–Kier alpha value is -2.92. The van der Waals surface area contributed by atoms with Gasteiger partial charge in [-0.05, 0) is 49.4 Å². The number of benzene rings is 3. The third-order valence-electron chi connectivity index (χ3n) is 6.77. The molecule has 2 unspecified atom stereocenters. The normalized spacial score (nSPS) is 16.9. The van der Waals surface area contributed by atoms with Gasteiger partial charge in [0.15, 0.2) is 0 Å². The molecule has 4 aromatic rings. The van der Waals surface area contributed by atoms with Gasteiger partial charge in [-0.2, -0.15) is 0 Å². The zero-order valence-electron chi connectivity index (χ0n) is 20.1. The van der Waals surface area contributed by atoms with Crippen LogP contribution in [-0.2, 0) is 11.3 Å². The number of fused-ring (bicyclic) bond motifs is 1. The molecule has 0 aliphatic carbocycles. The summed E-state index contributed by atoms with van der Waals surface area (Å²) in [7, 11) is 0. The van der Waals surface area contributed by atoms with E-state index in [1.54, 1.807) is 0 Å². The number of hydrogen-bond donors (Lipinski definition) is 2. The van der Waals surface area contributed by atoms with Crippen molar-refractivity contribution < 1.29 is 9.84 Å². The second kappa shape index (κ2) is 10.1. The monoisotopic (exact) mass is 454 g/mol. The van der Waals surface area contributed by atoms with Gasteiger partial charge in [0.2, 0.25) is 0 Å². The van der Waals surface area contributed by atoms with Crippen molar-refractivity contribution >= 4 is 10.9 Å². The summed E-state index contributed by atoms with van der Waals surface area (Å²) < 4.78 is 8.05. The Balaban J connectivity index is 1.59. The van der Waals surface area contributed by atoms with Crippen LogP contribution in [0.5, 0.6) is 0 Å². The van der Waals surface area contributed by atoms with Crippen LogP contribution in [0.3, 0.4) is 0 Å². The minimum atomic E-state index is -0.510. The Labute approximate surface area is 202 Å². The zero-order chi connectivity index (χ0) is 23.5. The van der Waals surface area contributed by atoms with Crippen LogP contribution in [0.25, 0.3) is 33.3 Å². The van der Waals surface area contributed by atoms with Crippen LogP contribution in [-0.4, -0.2) is 41.6 Å². The molecule has 0 bridgehead atoms. The minimum Gasteiger partial charge on any atom is -0.390 e. The van der Waals surface area contributed by atoms with E-state index >= 15 is 0 Å². The molecule has 1 fully saturated rings. The summed E-state index contributed by atoms with van der Waals surface area (Å²) in [6.45, 7) is 7.05. The van der Waals surface area contributed by atoms with Gasteiger partial charge in [-0.1, -0.05) is 72.3 Å². The van der Waals surface area contributed by atoms with E-state index in [1.165, 1.54) is 33.2 Å². The fourth-order valence-electron chi connectivity index (χ4n) is 5.35. The fourth-order valence-corrected chi connectivity index (χ4v) is 5.35. The summed E-state index contributed by atoms with van der Waals surface area (Å²) in [5.41, 5.74) is 8.42. The lowest BCUT2D eigenvalue weighted by Gasteiger charge is -2.19. The molecule has 0 saturated carbocycles. The van der Waals surface area contributed by atoms with Crippen LogP contribution in [0, 0.1) is 13.8 Å². The molecule has 1 aliphatic rings. The van der Waals surface area contributed by atoms with Crippen molar-refractivity contribution in [2.75, 3.05) is 19.7 Å². The lowest BCUT2D eigenvalue weighted by molar-refractivity contribution is 0.101. The third kappa shape index (κ3) is 4.67. The molecule has 176 valence electrons. The molecule has 0 spiro atoms. The topological polar surface area (TPSA) is 46.4 Å². The van der Waals surface area contributed by atoms with Crippen LogP contribution in [0.1, 0.15) is 24.0 Å². The molecule has 0 amide bonds. The molecule has 0 radical (unpaired) electrons. The van der Waals surface area contributed by atoms with E-state index in [2.05, 4.69) is 96.5 Å². The Bertz CT molecular complexity index is 1240. The van der Waals surface area contributed by atoms with Crippen LogP contribution in [0.4, 0.5) is 0 Å². The number of nitrogens with zero attached hydrogens (tertiary/aromatic N) is 1. The highest BCUT2D eigenvalue weighted by Gasteiger charge is 2.23. The van der Waals surface area contributed by atoms with Crippen LogP contribution >= 0.6 is 0 Å². The predicted octanol–water partition coefficient (Wildman–Crippen LogP) is 5.72. The van der Waals surface area contributed by atoms with Crippen molar-refractivity contribution in [3.63, 3.8) is 0 Å². The fraction of sp³-hybridized carbons (Fsp3) is 0.333. The molecule has 34 heavy (non-hydrogen) atoms. The number of ether oxygens (including phenoxy) is 1.